The van der Waals surface area contributed by atoms with Crippen LogP contribution in [0, 0.1) is 5.92 Å². The predicted molar refractivity (Wildman–Crippen MR) is 68.4 cm³/mol. The third-order valence-electron chi connectivity index (χ3n) is 3.31. The first-order chi connectivity index (χ1) is 8.49. The van der Waals surface area contributed by atoms with Gasteiger partial charge in [0.1, 0.15) is 5.56 Å². The van der Waals surface area contributed by atoms with Crippen molar-refractivity contribution in [2.75, 3.05) is 6.54 Å². The molecule has 0 aliphatic heterocycles. The first kappa shape index (κ1) is 13.1. The van der Waals surface area contributed by atoms with Crippen LogP contribution in [0.5, 0.6) is 0 Å². The first-order valence-corrected chi connectivity index (χ1v) is 6.47. The monoisotopic (exact) mass is 251 g/mol. The van der Waals surface area contributed by atoms with Crippen molar-refractivity contribution in [2.24, 2.45) is 13.0 Å². The molecular formula is C13H21N3O2. The molecule has 1 fully saturated rings. The number of aromatic nitrogens is 2. The van der Waals surface area contributed by atoms with E-state index in [4.69, 9.17) is 5.11 Å². The summed E-state index contributed by atoms with van der Waals surface area (Å²) < 4.78 is 1.68. The summed E-state index contributed by atoms with van der Waals surface area (Å²) in [5.41, 5.74) is 1.13. The molecule has 18 heavy (non-hydrogen) atoms. The zero-order valence-corrected chi connectivity index (χ0v) is 11.3. The van der Waals surface area contributed by atoms with Crippen molar-refractivity contribution in [2.45, 2.75) is 39.3 Å². The Morgan fingerprint density at radius 1 is 1.61 bits per heavy atom. The smallest absolute Gasteiger partial charge is 0.339 e. The van der Waals surface area contributed by atoms with E-state index in [9.17, 15) is 4.79 Å². The maximum absolute atomic E-state index is 11.2. The number of aryl methyl sites for hydroxylation is 1. The molecule has 5 heteroatoms. The van der Waals surface area contributed by atoms with E-state index in [0.717, 1.165) is 12.2 Å². The zero-order valence-electron chi connectivity index (χ0n) is 11.3. The highest BCUT2D eigenvalue weighted by atomic mass is 16.4. The summed E-state index contributed by atoms with van der Waals surface area (Å²) in [5, 5.41) is 13.2. The maximum Gasteiger partial charge on any atom is 0.339 e. The Labute approximate surface area is 107 Å². The fraction of sp³-hybridized carbons (Fsp3) is 0.692. The lowest BCUT2D eigenvalue weighted by Crippen LogP contribution is -2.31. The summed E-state index contributed by atoms with van der Waals surface area (Å²) >= 11 is 0. The van der Waals surface area contributed by atoms with Gasteiger partial charge < -0.3 is 5.11 Å². The minimum atomic E-state index is -0.890. The van der Waals surface area contributed by atoms with E-state index in [2.05, 4.69) is 23.8 Å². The Morgan fingerprint density at radius 2 is 2.28 bits per heavy atom. The van der Waals surface area contributed by atoms with E-state index >= 15 is 0 Å². The van der Waals surface area contributed by atoms with Crippen molar-refractivity contribution in [1.82, 2.24) is 14.7 Å². The molecule has 1 aromatic rings. The minimum absolute atomic E-state index is 0.326. The van der Waals surface area contributed by atoms with Gasteiger partial charge >= 0.3 is 5.97 Å². The number of hydrogen-bond acceptors (Lipinski definition) is 3. The summed E-state index contributed by atoms with van der Waals surface area (Å²) in [6.07, 6.45) is 3.90. The Kier molecular flexibility index (Phi) is 3.71. The Bertz CT molecular complexity index is 435. The summed E-state index contributed by atoms with van der Waals surface area (Å²) in [7, 11) is 1.81. The van der Waals surface area contributed by atoms with Crippen molar-refractivity contribution in [1.29, 1.82) is 0 Å². The molecule has 0 unspecified atom stereocenters. The van der Waals surface area contributed by atoms with Crippen LogP contribution >= 0.6 is 0 Å². The number of nitrogens with zero attached hydrogens (tertiary/aromatic N) is 3. The molecule has 1 N–H and O–H groups in total. The molecule has 0 saturated heterocycles. The zero-order chi connectivity index (χ0) is 13.3. The van der Waals surface area contributed by atoms with Crippen molar-refractivity contribution in [3.05, 3.63) is 17.5 Å². The van der Waals surface area contributed by atoms with Crippen LogP contribution < -0.4 is 0 Å². The van der Waals surface area contributed by atoms with Crippen LogP contribution in [0.2, 0.25) is 0 Å². The summed E-state index contributed by atoms with van der Waals surface area (Å²) in [4.78, 5) is 13.5. The fourth-order valence-corrected chi connectivity index (χ4v) is 2.27. The van der Waals surface area contributed by atoms with Crippen LogP contribution in [0.3, 0.4) is 0 Å². The summed E-state index contributed by atoms with van der Waals surface area (Å²) in [5.74, 6) is -0.300. The number of carboxylic acids is 1. The van der Waals surface area contributed by atoms with Gasteiger partial charge in [0.15, 0.2) is 0 Å². The second kappa shape index (κ2) is 5.10. The van der Waals surface area contributed by atoms with Gasteiger partial charge in [0, 0.05) is 26.2 Å². The van der Waals surface area contributed by atoms with E-state index in [1.807, 2.05) is 7.05 Å². The molecule has 0 spiro atoms. The highest BCUT2D eigenvalue weighted by molar-refractivity contribution is 5.88. The van der Waals surface area contributed by atoms with Crippen LogP contribution in [-0.4, -0.2) is 38.3 Å². The molecule has 1 aromatic heterocycles. The van der Waals surface area contributed by atoms with E-state index in [1.54, 1.807) is 4.68 Å². The molecular weight excluding hydrogens is 230 g/mol. The lowest BCUT2D eigenvalue weighted by Gasteiger charge is -2.24. The van der Waals surface area contributed by atoms with Gasteiger partial charge in [-0.25, -0.2) is 4.79 Å². The summed E-state index contributed by atoms with van der Waals surface area (Å²) in [6.45, 7) is 6.07. The van der Waals surface area contributed by atoms with Crippen LogP contribution in [0.1, 0.15) is 42.7 Å². The number of rotatable bonds is 6. The predicted octanol–water partition coefficient (Wildman–Crippen LogP) is 1.74. The van der Waals surface area contributed by atoms with Crippen molar-refractivity contribution >= 4 is 5.97 Å². The molecule has 2 rings (SSSR count). The van der Waals surface area contributed by atoms with Crippen molar-refractivity contribution in [3.8, 4) is 0 Å². The molecule has 0 atom stereocenters. The normalized spacial score (nSPS) is 15.6. The Hall–Kier alpha value is -1.36. The lowest BCUT2D eigenvalue weighted by molar-refractivity contribution is 0.0693. The molecule has 0 amide bonds. The quantitative estimate of drug-likeness (QED) is 0.836. The molecule has 0 aromatic carbocycles. The molecule has 5 nitrogen and oxygen atoms in total. The molecule has 100 valence electrons. The average molecular weight is 251 g/mol. The molecule has 1 saturated carbocycles. The SMILES string of the molecule is CC(C)CN(Cc1c(C(=O)O)cnn1C)C1CC1. The van der Waals surface area contributed by atoms with Gasteiger partial charge in [-0.3, -0.25) is 9.58 Å². The third-order valence-corrected chi connectivity index (χ3v) is 3.31. The largest absolute Gasteiger partial charge is 0.478 e. The average Bonchev–Trinajstić information content (AvgIpc) is 3.04. The van der Waals surface area contributed by atoms with Gasteiger partial charge in [-0.1, -0.05) is 13.8 Å². The number of carbonyl (C=O) groups is 1. The standard InChI is InChI=1S/C13H21N3O2/c1-9(2)7-16(10-4-5-10)8-12-11(13(17)18)6-14-15(12)3/h6,9-10H,4-5,7-8H2,1-3H3,(H,17,18). The Balaban J connectivity index is 2.15. The highest BCUT2D eigenvalue weighted by Gasteiger charge is 2.31. The number of aromatic carboxylic acids is 1. The van der Waals surface area contributed by atoms with Gasteiger partial charge in [-0.05, 0) is 18.8 Å². The van der Waals surface area contributed by atoms with Crippen LogP contribution in [0.25, 0.3) is 0 Å². The minimum Gasteiger partial charge on any atom is -0.478 e. The molecule has 1 aliphatic rings. The second-order valence-corrected chi connectivity index (χ2v) is 5.49. The second-order valence-electron chi connectivity index (χ2n) is 5.49. The number of hydrogen-bond donors (Lipinski definition) is 1. The Morgan fingerprint density at radius 3 is 2.78 bits per heavy atom. The van der Waals surface area contributed by atoms with E-state index < -0.39 is 5.97 Å². The van der Waals surface area contributed by atoms with E-state index in [1.165, 1.54) is 19.0 Å². The lowest BCUT2D eigenvalue weighted by atomic mass is 10.1. The van der Waals surface area contributed by atoms with Crippen LogP contribution in [0.15, 0.2) is 6.20 Å². The van der Waals surface area contributed by atoms with Gasteiger partial charge in [-0.2, -0.15) is 5.10 Å². The van der Waals surface area contributed by atoms with Crippen LogP contribution in [0.4, 0.5) is 0 Å². The fourth-order valence-electron chi connectivity index (χ4n) is 2.27. The van der Waals surface area contributed by atoms with E-state index in [0.29, 0.717) is 24.1 Å². The molecule has 1 heterocycles. The number of carboxylic acid groups (broad SMARTS) is 1. The van der Waals surface area contributed by atoms with Gasteiger partial charge in [0.05, 0.1) is 11.9 Å². The molecule has 1 aliphatic carbocycles. The van der Waals surface area contributed by atoms with Gasteiger partial charge in [-0.15, -0.1) is 0 Å². The van der Waals surface area contributed by atoms with Gasteiger partial charge in [0.2, 0.25) is 0 Å². The molecule has 0 bridgehead atoms. The van der Waals surface area contributed by atoms with E-state index in [-0.39, 0.29) is 0 Å². The highest BCUT2D eigenvalue weighted by Crippen LogP contribution is 2.29. The summed E-state index contributed by atoms with van der Waals surface area (Å²) in [6, 6.07) is 0.629. The van der Waals surface area contributed by atoms with Crippen molar-refractivity contribution in [3.63, 3.8) is 0 Å². The van der Waals surface area contributed by atoms with Crippen molar-refractivity contribution < 1.29 is 9.90 Å². The third kappa shape index (κ3) is 2.90. The topological polar surface area (TPSA) is 58.4 Å². The van der Waals surface area contributed by atoms with Gasteiger partial charge in [0.25, 0.3) is 0 Å². The van der Waals surface area contributed by atoms with Crippen LogP contribution in [-0.2, 0) is 13.6 Å². The first-order valence-electron chi connectivity index (χ1n) is 6.47. The molecule has 0 radical (unpaired) electrons. The maximum atomic E-state index is 11.2.